The number of nitrogens with zero attached hydrogens (tertiary/aromatic N) is 4. The SMILES string of the molecule is C[C@H](/C=C/CC(=O)N1Cc2ccccc2C[C@H]1CO)[C@@]1(O)C(=O)N(Cc2ccc(N3CCNCC3=O)cc2)c2ccc([N+](=O)[O-])cc21. The van der Waals surface area contributed by atoms with E-state index in [-0.39, 0.29) is 55.2 Å². The Balaban J connectivity index is 1.21. The zero-order valence-corrected chi connectivity index (χ0v) is 26.0. The third-order valence-corrected chi connectivity index (χ3v) is 9.40. The summed E-state index contributed by atoms with van der Waals surface area (Å²) in [5.74, 6) is -1.70. The van der Waals surface area contributed by atoms with Crippen LogP contribution in [0.5, 0.6) is 0 Å². The van der Waals surface area contributed by atoms with Gasteiger partial charge in [0.15, 0.2) is 5.60 Å². The summed E-state index contributed by atoms with van der Waals surface area (Å²) in [6, 6.07) is 18.7. The number of anilines is 2. The number of nitro groups is 1. The summed E-state index contributed by atoms with van der Waals surface area (Å²) >= 11 is 0. The summed E-state index contributed by atoms with van der Waals surface area (Å²) in [6.45, 7) is 3.44. The maximum absolute atomic E-state index is 14.0. The lowest BCUT2D eigenvalue weighted by Crippen LogP contribution is -2.48. The Labute approximate surface area is 272 Å². The first kappa shape index (κ1) is 32.0. The largest absolute Gasteiger partial charge is 0.394 e. The van der Waals surface area contributed by atoms with Gasteiger partial charge in [0, 0.05) is 55.4 Å². The smallest absolute Gasteiger partial charge is 0.269 e. The third-order valence-electron chi connectivity index (χ3n) is 9.40. The first-order valence-electron chi connectivity index (χ1n) is 15.7. The van der Waals surface area contributed by atoms with Gasteiger partial charge in [-0.2, -0.15) is 0 Å². The first-order valence-corrected chi connectivity index (χ1v) is 15.7. The highest BCUT2D eigenvalue weighted by Crippen LogP contribution is 2.47. The lowest BCUT2D eigenvalue weighted by atomic mass is 9.82. The van der Waals surface area contributed by atoms with Gasteiger partial charge in [0.1, 0.15) is 0 Å². The van der Waals surface area contributed by atoms with E-state index >= 15 is 0 Å². The van der Waals surface area contributed by atoms with Crippen molar-refractivity contribution in [1.82, 2.24) is 10.2 Å². The van der Waals surface area contributed by atoms with Gasteiger partial charge in [-0.3, -0.25) is 24.5 Å². The number of fused-ring (bicyclic) bond motifs is 2. The normalized spacial score (nSPS) is 21.6. The fourth-order valence-electron chi connectivity index (χ4n) is 6.72. The number of benzene rings is 3. The van der Waals surface area contributed by atoms with E-state index in [0.29, 0.717) is 31.7 Å². The van der Waals surface area contributed by atoms with Crippen LogP contribution < -0.4 is 15.1 Å². The average molecular weight is 640 g/mol. The van der Waals surface area contributed by atoms with Crippen molar-refractivity contribution in [3.05, 3.63) is 111 Å². The zero-order valence-electron chi connectivity index (χ0n) is 26.0. The highest BCUT2D eigenvalue weighted by molar-refractivity contribution is 6.07. The molecule has 0 aliphatic carbocycles. The van der Waals surface area contributed by atoms with Crippen LogP contribution in [0, 0.1) is 16.0 Å². The van der Waals surface area contributed by atoms with Crippen molar-refractivity contribution in [2.24, 2.45) is 5.92 Å². The molecule has 0 unspecified atom stereocenters. The van der Waals surface area contributed by atoms with Crippen LogP contribution in [0.1, 0.15) is 35.6 Å². The van der Waals surface area contributed by atoms with E-state index in [9.17, 15) is 34.7 Å². The van der Waals surface area contributed by atoms with Crippen LogP contribution in [0.2, 0.25) is 0 Å². The molecule has 3 aliphatic rings. The van der Waals surface area contributed by atoms with Crippen LogP contribution >= 0.6 is 0 Å². The fraction of sp³-hybridized carbons (Fsp3) is 0.343. The molecule has 3 aliphatic heterocycles. The molecule has 12 heteroatoms. The van der Waals surface area contributed by atoms with Gasteiger partial charge < -0.3 is 30.2 Å². The number of nitrogens with one attached hydrogen (secondary N) is 1. The van der Waals surface area contributed by atoms with E-state index in [0.717, 1.165) is 22.4 Å². The van der Waals surface area contributed by atoms with Crippen LogP contribution in [-0.4, -0.2) is 70.0 Å². The number of piperazine rings is 1. The number of amides is 3. The summed E-state index contributed by atoms with van der Waals surface area (Å²) in [5.41, 5.74) is 1.72. The second kappa shape index (κ2) is 13.1. The van der Waals surface area contributed by atoms with Crippen LogP contribution in [0.3, 0.4) is 0 Å². The zero-order chi connectivity index (χ0) is 33.3. The second-order valence-corrected chi connectivity index (χ2v) is 12.3. The number of aliphatic hydroxyl groups excluding tert-OH is 1. The number of hydrogen-bond acceptors (Lipinski definition) is 8. The Bertz CT molecular complexity index is 1740. The summed E-state index contributed by atoms with van der Waals surface area (Å²) in [6.07, 6.45) is 3.73. The van der Waals surface area contributed by atoms with Gasteiger partial charge in [0.05, 0.1) is 36.3 Å². The van der Waals surface area contributed by atoms with Gasteiger partial charge in [-0.15, -0.1) is 0 Å². The van der Waals surface area contributed by atoms with Crippen molar-refractivity contribution in [2.75, 3.05) is 36.0 Å². The number of non-ortho nitro benzene ring substituents is 1. The van der Waals surface area contributed by atoms with E-state index in [1.165, 1.54) is 23.1 Å². The van der Waals surface area contributed by atoms with Crippen LogP contribution in [0.15, 0.2) is 78.9 Å². The number of aliphatic hydroxyl groups is 2. The first-order chi connectivity index (χ1) is 22.6. The van der Waals surface area contributed by atoms with Crippen molar-refractivity contribution in [3.8, 4) is 0 Å². The van der Waals surface area contributed by atoms with E-state index in [2.05, 4.69) is 5.32 Å². The Morgan fingerprint density at radius 2 is 1.87 bits per heavy atom. The molecule has 244 valence electrons. The molecule has 12 nitrogen and oxygen atoms in total. The lowest BCUT2D eigenvalue weighted by molar-refractivity contribution is -0.385. The molecule has 1 saturated heterocycles. The maximum Gasteiger partial charge on any atom is 0.269 e. The van der Waals surface area contributed by atoms with E-state index < -0.39 is 22.3 Å². The quantitative estimate of drug-likeness (QED) is 0.183. The number of carbonyl (C=O) groups excluding carboxylic acids is 3. The minimum absolute atomic E-state index is 0.0132. The third kappa shape index (κ3) is 6.02. The Morgan fingerprint density at radius 3 is 2.57 bits per heavy atom. The van der Waals surface area contributed by atoms with Crippen LogP contribution in [0.4, 0.5) is 17.1 Å². The Kier molecular flexibility index (Phi) is 8.91. The van der Waals surface area contributed by atoms with Gasteiger partial charge in [0.2, 0.25) is 11.8 Å². The molecule has 3 aromatic rings. The van der Waals surface area contributed by atoms with Gasteiger partial charge in [-0.1, -0.05) is 55.5 Å². The van der Waals surface area contributed by atoms with Crippen molar-refractivity contribution in [1.29, 1.82) is 0 Å². The molecular weight excluding hydrogens is 602 g/mol. The molecule has 3 atom stereocenters. The molecule has 0 radical (unpaired) electrons. The molecule has 3 heterocycles. The molecule has 3 amide bonds. The topological polar surface area (TPSA) is 157 Å². The van der Waals surface area contributed by atoms with Gasteiger partial charge in [-0.25, -0.2) is 0 Å². The van der Waals surface area contributed by atoms with E-state index in [4.69, 9.17) is 0 Å². The predicted molar refractivity (Wildman–Crippen MR) is 174 cm³/mol. The molecule has 3 N–H and O–H groups in total. The highest BCUT2D eigenvalue weighted by Gasteiger charge is 2.53. The molecule has 0 bridgehead atoms. The Hall–Kier alpha value is -4.91. The highest BCUT2D eigenvalue weighted by atomic mass is 16.6. The number of nitro benzene ring substituents is 1. The molecule has 0 saturated carbocycles. The van der Waals surface area contributed by atoms with Crippen molar-refractivity contribution >= 4 is 34.8 Å². The lowest BCUT2D eigenvalue weighted by Gasteiger charge is -2.36. The van der Waals surface area contributed by atoms with Crippen molar-refractivity contribution in [2.45, 2.75) is 44.5 Å². The monoisotopic (exact) mass is 639 g/mol. The van der Waals surface area contributed by atoms with Gasteiger partial charge in [0.25, 0.3) is 11.6 Å². The molecule has 1 fully saturated rings. The van der Waals surface area contributed by atoms with Crippen molar-refractivity contribution < 1.29 is 29.5 Å². The van der Waals surface area contributed by atoms with E-state index in [1.54, 1.807) is 28.9 Å². The number of hydrogen-bond donors (Lipinski definition) is 3. The number of rotatable bonds is 9. The summed E-state index contributed by atoms with van der Waals surface area (Å²) < 4.78 is 0. The van der Waals surface area contributed by atoms with Gasteiger partial charge >= 0.3 is 0 Å². The standard InChI is InChI=1S/C35H37N5O7/c1-23(5-4-8-32(42)38-21-26-7-3-2-6-25(26)17-29(38)22-41)35(45)30-18-28(40(46)47)13-14-31(30)39(34(35)44)20-24-9-11-27(12-10-24)37-16-15-36-19-33(37)43/h2-7,9-14,18,23,29,36,41,45H,8,15-17,19-22H2,1H3/b5-4+/t23-,29+,35+/m1/s1. The molecule has 3 aromatic carbocycles. The molecule has 47 heavy (non-hydrogen) atoms. The summed E-state index contributed by atoms with van der Waals surface area (Å²) in [7, 11) is 0. The predicted octanol–water partition coefficient (Wildman–Crippen LogP) is 2.79. The van der Waals surface area contributed by atoms with Crippen LogP contribution in [-0.2, 0) is 39.5 Å². The minimum Gasteiger partial charge on any atom is -0.394 e. The van der Waals surface area contributed by atoms with Gasteiger partial charge in [-0.05, 0) is 41.3 Å². The molecular formula is C35H37N5O7. The maximum atomic E-state index is 14.0. The minimum atomic E-state index is -2.12. The molecule has 6 rings (SSSR count). The second-order valence-electron chi connectivity index (χ2n) is 12.3. The van der Waals surface area contributed by atoms with E-state index in [1.807, 2.05) is 48.5 Å². The fourth-order valence-corrected chi connectivity index (χ4v) is 6.72. The summed E-state index contributed by atoms with van der Waals surface area (Å²) in [4.78, 5) is 55.5. The summed E-state index contributed by atoms with van der Waals surface area (Å²) in [5, 5.41) is 36.7. The average Bonchev–Trinajstić information content (AvgIpc) is 3.30. The Morgan fingerprint density at radius 1 is 1.13 bits per heavy atom. The van der Waals surface area contributed by atoms with Crippen molar-refractivity contribution in [3.63, 3.8) is 0 Å². The molecule has 0 aromatic heterocycles. The number of carbonyl (C=O) groups is 3. The van der Waals surface area contributed by atoms with Crippen LogP contribution in [0.25, 0.3) is 0 Å². The molecule has 0 spiro atoms.